The molecule has 1 aliphatic carbocycles. The predicted molar refractivity (Wildman–Crippen MR) is 61.4 cm³/mol. The van der Waals surface area contributed by atoms with E-state index in [2.05, 4.69) is 32.9 Å². The van der Waals surface area contributed by atoms with E-state index in [1.165, 1.54) is 0 Å². The van der Waals surface area contributed by atoms with E-state index in [1.807, 2.05) is 13.0 Å². The highest BCUT2D eigenvalue weighted by atomic mass is 16.5. The van der Waals surface area contributed by atoms with Crippen LogP contribution in [0.3, 0.4) is 0 Å². The Morgan fingerprint density at radius 1 is 1.47 bits per heavy atom. The molecule has 0 aromatic carbocycles. The molecule has 0 radical (unpaired) electrons. The van der Waals surface area contributed by atoms with Gasteiger partial charge in [-0.2, -0.15) is 0 Å². The number of esters is 1. The Labute approximate surface area is 92.0 Å². The lowest BCUT2D eigenvalue weighted by Gasteiger charge is -2.35. The van der Waals surface area contributed by atoms with Gasteiger partial charge in [-0.05, 0) is 24.2 Å². The Bertz CT molecular complexity index is 300. The number of allylic oxidation sites excluding steroid dienone is 3. The summed E-state index contributed by atoms with van der Waals surface area (Å²) in [5, 5.41) is 0. The number of rotatable bonds is 3. The SMILES string of the molecule is CCOC(=O)/C=C/[C@]1(C)CC=CC1(C)C. The first kappa shape index (κ1) is 12.0. The van der Waals surface area contributed by atoms with Crippen LogP contribution < -0.4 is 0 Å². The maximum Gasteiger partial charge on any atom is 0.330 e. The minimum absolute atomic E-state index is 0.0275. The van der Waals surface area contributed by atoms with Gasteiger partial charge in [0.05, 0.1) is 6.61 Å². The summed E-state index contributed by atoms with van der Waals surface area (Å²) in [6.45, 7) is 8.79. The van der Waals surface area contributed by atoms with Crippen molar-refractivity contribution in [2.45, 2.75) is 34.1 Å². The molecule has 0 N–H and O–H groups in total. The molecule has 0 unspecified atom stereocenters. The van der Waals surface area contributed by atoms with Crippen LogP contribution in [0.2, 0.25) is 0 Å². The molecular formula is C13H20O2. The fourth-order valence-corrected chi connectivity index (χ4v) is 1.78. The molecule has 0 amide bonds. The topological polar surface area (TPSA) is 26.3 Å². The first-order chi connectivity index (χ1) is 6.91. The van der Waals surface area contributed by atoms with Gasteiger partial charge in [-0.3, -0.25) is 0 Å². The summed E-state index contributed by atoms with van der Waals surface area (Å²) in [5.74, 6) is -0.249. The second-order valence-electron chi connectivity index (χ2n) is 4.83. The van der Waals surface area contributed by atoms with Gasteiger partial charge in [0.1, 0.15) is 0 Å². The molecule has 0 saturated carbocycles. The van der Waals surface area contributed by atoms with Gasteiger partial charge in [0, 0.05) is 6.08 Å². The van der Waals surface area contributed by atoms with Crippen LogP contribution in [0.25, 0.3) is 0 Å². The smallest absolute Gasteiger partial charge is 0.330 e. The van der Waals surface area contributed by atoms with Crippen molar-refractivity contribution in [3.63, 3.8) is 0 Å². The van der Waals surface area contributed by atoms with E-state index in [0.717, 1.165) is 6.42 Å². The van der Waals surface area contributed by atoms with E-state index in [4.69, 9.17) is 4.74 Å². The first-order valence-electron chi connectivity index (χ1n) is 5.45. The fraction of sp³-hybridized carbons (Fsp3) is 0.615. The quantitative estimate of drug-likeness (QED) is 0.405. The van der Waals surface area contributed by atoms with Crippen molar-refractivity contribution < 1.29 is 9.53 Å². The lowest BCUT2D eigenvalue weighted by atomic mass is 9.69. The molecule has 0 heterocycles. The van der Waals surface area contributed by atoms with Crippen LogP contribution in [0.1, 0.15) is 34.1 Å². The van der Waals surface area contributed by atoms with Gasteiger partial charge in [0.2, 0.25) is 0 Å². The Kier molecular flexibility index (Phi) is 3.38. The zero-order valence-corrected chi connectivity index (χ0v) is 10.0. The van der Waals surface area contributed by atoms with E-state index in [0.29, 0.717) is 6.61 Å². The van der Waals surface area contributed by atoms with Gasteiger partial charge in [0.15, 0.2) is 0 Å². The number of carbonyl (C=O) groups is 1. The van der Waals surface area contributed by atoms with E-state index in [-0.39, 0.29) is 16.8 Å². The third-order valence-electron chi connectivity index (χ3n) is 3.42. The van der Waals surface area contributed by atoms with Crippen molar-refractivity contribution in [3.8, 4) is 0 Å². The lowest BCUT2D eigenvalue weighted by Crippen LogP contribution is -2.27. The molecule has 0 aromatic rings. The molecule has 0 spiro atoms. The minimum Gasteiger partial charge on any atom is -0.463 e. The van der Waals surface area contributed by atoms with Gasteiger partial charge >= 0.3 is 5.97 Å². The van der Waals surface area contributed by atoms with Crippen LogP contribution in [0, 0.1) is 10.8 Å². The van der Waals surface area contributed by atoms with Crippen LogP contribution in [-0.4, -0.2) is 12.6 Å². The van der Waals surface area contributed by atoms with Crippen LogP contribution in [0.5, 0.6) is 0 Å². The van der Waals surface area contributed by atoms with E-state index in [1.54, 1.807) is 6.08 Å². The molecular weight excluding hydrogens is 188 g/mol. The molecule has 1 aliphatic rings. The van der Waals surface area contributed by atoms with Crippen molar-refractivity contribution >= 4 is 5.97 Å². The van der Waals surface area contributed by atoms with Crippen LogP contribution in [0.4, 0.5) is 0 Å². The zero-order valence-electron chi connectivity index (χ0n) is 10.0. The molecule has 15 heavy (non-hydrogen) atoms. The molecule has 0 fully saturated rings. The average Bonchev–Trinajstić information content (AvgIpc) is 2.40. The molecule has 1 atom stereocenters. The Balaban J connectivity index is 2.69. The second-order valence-corrected chi connectivity index (χ2v) is 4.83. The van der Waals surface area contributed by atoms with Gasteiger partial charge in [-0.15, -0.1) is 0 Å². The van der Waals surface area contributed by atoms with Crippen LogP contribution in [0.15, 0.2) is 24.3 Å². The summed E-state index contributed by atoms with van der Waals surface area (Å²) in [7, 11) is 0. The fourth-order valence-electron chi connectivity index (χ4n) is 1.78. The highest BCUT2D eigenvalue weighted by Crippen LogP contribution is 2.48. The predicted octanol–water partition coefficient (Wildman–Crippen LogP) is 3.10. The molecule has 2 nitrogen and oxygen atoms in total. The highest BCUT2D eigenvalue weighted by molar-refractivity contribution is 5.82. The summed E-state index contributed by atoms with van der Waals surface area (Å²) in [4.78, 5) is 11.2. The molecule has 0 saturated heterocycles. The van der Waals surface area contributed by atoms with Crippen molar-refractivity contribution in [2.24, 2.45) is 10.8 Å². The summed E-state index contributed by atoms with van der Waals surface area (Å²) < 4.78 is 4.87. The molecule has 0 aromatic heterocycles. The number of hydrogen-bond acceptors (Lipinski definition) is 2. The van der Waals surface area contributed by atoms with E-state index < -0.39 is 0 Å². The number of carbonyl (C=O) groups excluding carboxylic acids is 1. The van der Waals surface area contributed by atoms with Gasteiger partial charge in [-0.1, -0.05) is 39.0 Å². The summed E-state index contributed by atoms with van der Waals surface area (Å²) in [6, 6.07) is 0. The van der Waals surface area contributed by atoms with E-state index >= 15 is 0 Å². The van der Waals surface area contributed by atoms with Crippen LogP contribution in [-0.2, 0) is 9.53 Å². The largest absolute Gasteiger partial charge is 0.463 e. The standard InChI is InChI=1S/C13H20O2/c1-5-15-11(14)7-10-13(4)9-6-8-12(13,2)3/h6-8,10H,5,9H2,1-4H3/b10-7+/t13-/m0/s1. The molecule has 0 bridgehead atoms. The van der Waals surface area contributed by atoms with Gasteiger partial charge in [-0.25, -0.2) is 4.79 Å². The maximum atomic E-state index is 11.2. The molecule has 84 valence electrons. The molecule has 1 rings (SSSR count). The number of hydrogen-bond donors (Lipinski definition) is 0. The zero-order chi connectivity index (χ0) is 11.5. The molecule has 0 aliphatic heterocycles. The summed E-state index contributed by atoms with van der Waals surface area (Å²) in [5.41, 5.74) is 0.135. The third kappa shape index (κ3) is 2.49. The Hall–Kier alpha value is -1.05. The van der Waals surface area contributed by atoms with Gasteiger partial charge < -0.3 is 4.74 Å². The minimum atomic E-state index is -0.249. The monoisotopic (exact) mass is 208 g/mol. The average molecular weight is 208 g/mol. The lowest BCUT2D eigenvalue weighted by molar-refractivity contribution is -0.137. The second kappa shape index (κ2) is 4.21. The maximum absolute atomic E-state index is 11.2. The van der Waals surface area contributed by atoms with Crippen molar-refractivity contribution in [2.75, 3.05) is 6.61 Å². The summed E-state index contributed by atoms with van der Waals surface area (Å²) >= 11 is 0. The summed E-state index contributed by atoms with van der Waals surface area (Å²) in [6.07, 6.45) is 8.90. The highest BCUT2D eigenvalue weighted by Gasteiger charge is 2.39. The molecule has 2 heteroatoms. The van der Waals surface area contributed by atoms with Crippen LogP contribution >= 0.6 is 0 Å². The van der Waals surface area contributed by atoms with Crippen molar-refractivity contribution in [1.29, 1.82) is 0 Å². The Morgan fingerprint density at radius 2 is 2.13 bits per heavy atom. The van der Waals surface area contributed by atoms with Gasteiger partial charge in [0.25, 0.3) is 0 Å². The van der Waals surface area contributed by atoms with Crippen molar-refractivity contribution in [1.82, 2.24) is 0 Å². The number of ether oxygens (including phenoxy) is 1. The van der Waals surface area contributed by atoms with Crippen molar-refractivity contribution in [3.05, 3.63) is 24.3 Å². The first-order valence-corrected chi connectivity index (χ1v) is 5.45. The normalized spacial score (nSPS) is 28.5. The van der Waals surface area contributed by atoms with E-state index in [9.17, 15) is 4.79 Å². The third-order valence-corrected chi connectivity index (χ3v) is 3.42. The Morgan fingerprint density at radius 3 is 2.60 bits per heavy atom.